The van der Waals surface area contributed by atoms with E-state index in [1.807, 2.05) is 0 Å². The number of benzene rings is 3. The molecule has 1 aliphatic rings. The molecule has 0 atom stereocenters. The fourth-order valence-corrected chi connectivity index (χ4v) is 4.12. The van der Waals surface area contributed by atoms with Gasteiger partial charge in [0.1, 0.15) is 0 Å². The first-order valence-electron chi connectivity index (χ1n) is 10.1. The number of para-hydroxylation sites is 1. The molecule has 0 unspecified atom stereocenters. The number of hydrogen-bond donors (Lipinski definition) is 2. The second kappa shape index (κ2) is 9.78. The van der Waals surface area contributed by atoms with Gasteiger partial charge in [0.05, 0.1) is 18.1 Å². The Bertz CT molecular complexity index is 1250. The maximum atomic E-state index is 13.5. The number of rotatable bonds is 7. The number of halogens is 1. The number of hydrogen-bond acceptors (Lipinski definition) is 6. The molecular weight excluding hydrogens is 451 g/mol. The van der Waals surface area contributed by atoms with E-state index in [4.69, 9.17) is 14.2 Å². The SMILES string of the molecule is O=C(COc1ccccc1F)Nc1ccc(NS(=O)(=O)c2ccc3c(c2)OCCCO3)cc1. The van der Waals surface area contributed by atoms with Crippen molar-refractivity contribution in [3.8, 4) is 17.2 Å². The molecular formula is C23H21FN2O6S. The maximum absolute atomic E-state index is 13.5. The average Bonchev–Trinajstić information content (AvgIpc) is 3.05. The standard InChI is InChI=1S/C23H21FN2O6S/c24-19-4-1-2-5-20(19)32-15-23(27)25-16-6-8-17(9-7-16)26-33(28,29)18-10-11-21-22(14-18)31-13-3-12-30-21/h1-2,4-11,14,26H,3,12-13,15H2,(H,25,27). The van der Waals surface area contributed by atoms with E-state index >= 15 is 0 Å². The Morgan fingerprint density at radius 1 is 0.939 bits per heavy atom. The van der Waals surface area contributed by atoms with Crippen LogP contribution in [0.1, 0.15) is 6.42 Å². The zero-order chi connectivity index (χ0) is 23.3. The van der Waals surface area contributed by atoms with E-state index in [9.17, 15) is 17.6 Å². The van der Waals surface area contributed by atoms with E-state index in [2.05, 4.69) is 10.0 Å². The number of anilines is 2. The Hall–Kier alpha value is -3.79. The molecule has 0 saturated carbocycles. The molecule has 0 aliphatic carbocycles. The van der Waals surface area contributed by atoms with Gasteiger partial charge in [-0.2, -0.15) is 0 Å². The Morgan fingerprint density at radius 3 is 2.39 bits per heavy atom. The molecule has 0 aromatic heterocycles. The lowest BCUT2D eigenvalue weighted by Gasteiger charge is -2.12. The summed E-state index contributed by atoms with van der Waals surface area (Å²) < 4.78 is 57.8. The van der Waals surface area contributed by atoms with Gasteiger partial charge in [-0.05, 0) is 48.5 Å². The van der Waals surface area contributed by atoms with Crippen LogP contribution in [0.15, 0.2) is 71.6 Å². The first kappa shape index (κ1) is 22.4. The number of carbonyl (C=O) groups excluding carboxylic acids is 1. The Balaban J connectivity index is 1.36. The van der Waals surface area contributed by atoms with Gasteiger partial charge in [0.25, 0.3) is 15.9 Å². The molecule has 172 valence electrons. The van der Waals surface area contributed by atoms with Gasteiger partial charge in [0, 0.05) is 23.9 Å². The van der Waals surface area contributed by atoms with E-state index < -0.39 is 21.7 Å². The fraction of sp³-hybridized carbons (Fsp3) is 0.174. The molecule has 10 heteroatoms. The molecule has 4 rings (SSSR count). The summed E-state index contributed by atoms with van der Waals surface area (Å²) in [4.78, 5) is 12.1. The number of nitrogens with one attached hydrogen (secondary N) is 2. The van der Waals surface area contributed by atoms with Crippen LogP contribution in [0, 0.1) is 5.82 Å². The summed E-state index contributed by atoms with van der Waals surface area (Å²) in [6.07, 6.45) is 0.715. The van der Waals surface area contributed by atoms with E-state index in [1.165, 1.54) is 54.6 Å². The maximum Gasteiger partial charge on any atom is 0.262 e. The number of fused-ring (bicyclic) bond motifs is 1. The zero-order valence-corrected chi connectivity index (χ0v) is 18.2. The molecule has 3 aromatic rings. The van der Waals surface area contributed by atoms with Gasteiger partial charge in [-0.15, -0.1) is 0 Å². The van der Waals surface area contributed by atoms with E-state index in [0.717, 1.165) is 0 Å². The number of ether oxygens (including phenoxy) is 3. The molecule has 0 radical (unpaired) electrons. The summed E-state index contributed by atoms with van der Waals surface area (Å²) in [5, 5.41) is 2.60. The van der Waals surface area contributed by atoms with Gasteiger partial charge in [0.2, 0.25) is 0 Å². The molecule has 0 saturated heterocycles. The van der Waals surface area contributed by atoms with Gasteiger partial charge < -0.3 is 19.5 Å². The Labute approximate surface area is 190 Å². The smallest absolute Gasteiger partial charge is 0.262 e. The lowest BCUT2D eigenvalue weighted by Crippen LogP contribution is -2.20. The van der Waals surface area contributed by atoms with Crippen molar-refractivity contribution in [3.63, 3.8) is 0 Å². The quantitative estimate of drug-likeness (QED) is 0.542. The predicted molar refractivity (Wildman–Crippen MR) is 120 cm³/mol. The molecule has 2 N–H and O–H groups in total. The second-order valence-electron chi connectivity index (χ2n) is 7.11. The topological polar surface area (TPSA) is 103 Å². The van der Waals surface area contributed by atoms with Crippen LogP contribution in [0.5, 0.6) is 17.2 Å². The van der Waals surface area contributed by atoms with Crippen LogP contribution in [0.3, 0.4) is 0 Å². The highest BCUT2D eigenvalue weighted by Crippen LogP contribution is 2.32. The third-order valence-corrected chi connectivity index (χ3v) is 6.02. The molecule has 33 heavy (non-hydrogen) atoms. The van der Waals surface area contributed by atoms with Crippen molar-refractivity contribution in [3.05, 3.63) is 72.5 Å². The molecule has 1 aliphatic heterocycles. The van der Waals surface area contributed by atoms with Crippen molar-refractivity contribution in [1.82, 2.24) is 0 Å². The van der Waals surface area contributed by atoms with Crippen LogP contribution in [0.2, 0.25) is 0 Å². The lowest BCUT2D eigenvalue weighted by atomic mass is 10.3. The summed E-state index contributed by atoms with van der Waals surface area (Å²) in [6.45, 7) is 0.581. The van der Waals surface area contributed by atoms with Crippen LogP contribution in [-0.4, -0.2) is 34.1 Å². The molecule has 1 amide bonds. The van der Waals surface area contributed by atoms with Crippen LogP contribution in [0.4, 0.5) is 15.8 Å². The normalized spacial score (nSPS) is 13.0. The summed E-state index contributed by atoms with van der Waals surface area (Å²) in [7, 11) is -3.87. The molecule has 0 fully saturated rings. The Morgan fingerprint density at radius 2 is 1.64 bits per heavy atom. The third kappa shape index (κ3) is 5.72. The number of amides is 1. The number of sulfonamides is 1. The van der Waals surface area contributed by atoms with Crippen molar-refractivity contribution in [1.29, 1.82) is 0 Å². The summed E-state index contributed by atoms with van der Waals surface area (Å²) in [6, 6.07) is 16.3. The fourth-order valence-electron chi connectivity index (χ4n) is 3.05. The monoisotopic (exact) mass is 472 g/mol. The van der Waals surface area contributed by atoms with Gasteiger partial charge >= 0.3 is 0 Å². The predicted octanol–water partition coefficient (Wildman–Crippen LogP) is 3.81. The lowest BCUT2D eigenvalue weighted by molar-refractivity contribution is -0.118. The molecule has 3 aromatic carbocycles. The van der Waals surface area contributed by atoms with E-state index in [-0.39, 0.29) is 17.3 Å². The third-order valence-electron chi connectivity index (χ3n) is 4.65. The summed E-state index contributed by atoms with van der Waals surface area (Å²) in [5.74, 6) is -0.182. The molecule has 8 nitrogen and oxygen atoms in total. The minimum Gasteiger partial charge on any atom is -0.490 e. The highest BCUT2D eigenvalue weighted by Gasteiger charge is 2.19. The van der Waals surface area contributed by atoms with Crippen molar-refractivity contribution in [2.75, 3.05) is 29.9 Å². The highest BCUT2D eigenvalue weighted by atomic mass is 32.2. The second-order valence-corrected chi connectivity index (χ2v) is 8.79. The van der Waals surface area contributed by atoms with E-state index in [1.54, 1.807) is 12.1 Å². The Kier molecular flexibility index (Phi) is 6.64. The zero-order valence-electron chi connectivity index (χ0n) is 17.4. The first-order valence-corrected chi connectivity index (χ1v) is 11.6. The van der Waals surface area contributed by atoms with Crippen molar-refractivity contribution in [2.24, 2.45) is 0 Å². The van der Waals surface area contributed by atoms with Gasteiger partial charge in [-0.1, -0.05) is 12.1 Å². The molecule has 0 bridgehead atoms. The van der Waals surface area contributed by atoms with Gasteiger partial charge in [0.15, 0.2) is 29.7 Å². The summed E-state index contributed by atoms with van der Waals surface area (Å²) in [5.41, 5.74) is 0.735. The van der Waals surface area contributed by atoms with Gasteiger partial charge in [-0.3, -0.25) is 9.52 Å². The number of carbonyl (C=O) groups is 1. The van der Waals surface area contributed by atoms with E-state index in [0.29, 0.717) is 42.5 Å². The van der Waals surface area contributed by atoms with Crippen molar-refractivity contribution >= 4 is 27.3 Å². The van der Waals surface area contributed by atoms with Crippen molar-refractivity contribution < 1.29 is 31.8 Å². The minimum atomic E-state index is -3.87. The highest BCUT2D eigenvalue weighted by molar-refractivity contribution is 7.92. The van der Waals surface area contributed by atoms with Crippen LogP contribution >= 0.6 is 0 Å². The first-order chi connectivity index (χ1) is 15.9. The van der Waals surface area contributed by atoms with Crippen molar-refractivity contribution in [2.45, 2.75) is 11.3 Å². The summed E-state index contributed by atoms with van der Waals surface area (Å²) >= 11 is 0. The molecule has 0 spiro atoms. The van der Waals surface area contributed by atoms with Crippen LogP contribution in [-0.2, 0) is 14.8 Å². The van der Waals surface area contributed by atoms with Crippen LogP contribution < -0.4 is 24.2 Å². The minimum absolute atomic E-state index is 0.0211. The van der Waals surface area contributed by atoms with Crippen LogP contribution in [0.25, 0.3) is 0 Å². The largest absolute Gasteiger partial charge is 0.490 e. The molecule has 1 heterocycles. The average molecular weight is 472 g/mol. The van der Waals surface area contributed by atoms with Gasteiger partial charge in [-0.25, -0.2) is 12.8 Å².